The predicted octanol–water partition coefficient (Wildman–Crippen LogP) is 4.33. The summed E-state index contributed by atoms with van der Waals surface area (Å²) in [6, 6.07) is 19.6. The highest BCUT2D eigenvalue weighted by Crippen LogP contribution is 2.22. The molecule has 2 amide bonds. The molecule has 0 saturated heterocycles. The van der Waals surface area contributed by atoms with Crippen LogP contribution in [0.15, 0.2) is 66.9 Å². The van der Waals surface area contributed by atoms with Gasteiger partial charge in [0.2, 0.25) is 0 Å². The van der Waals surface area contributed by atoms with Crippen LogP contribution in [-0.4, -0.2) is 17.6 Å². The highest BCUT2D eigenvalue weighted by atomic mass is 16.2. The first kappa shape index (κ1) is 16.0. The molecule has 0 unspecified atom stereocenters. The number of fused-ring (bicyclic) bond motifs is 1. The van der Waals surface area contributed by atoms with Gasteiger partial charge in [0, 0.05) is 23.5 Å². The number of urea groups is 1. The van der Waals surface area contributed by atoms with Crippen molar-refractivity contribution in [2.75, 3.05) is 11.9 Å². The molecular weight excluding hydrogens is 298 g/mol. The fourth-order valence-electron chi connectivity index (χ4n) is 2.66. The molecule has 2 N–H and O–H groups in total. The smallest absolute Gasteiger partial charge is 0.319 e. The first-order valence-corrected chi connectivity index (χ1v) is 8.00. The Bertz CT molecular complexity index is 838. The van der Waals surface area contributed by atoms with Gasteiger partial charge in [-0.25, -0.2) is 4.79 Å². The average molecular weight is 319 g/mol. The van der Waals surface area contributed by atoms with Crippen LogP contribution < -0.4 is 10.6 Å². The van der Waals surface area contributed by atoms with Crippen molar-refractivity contribution in [1.82, 2.24) is 10.3 Å². The van der Waals surface area contributed by atoms with E-state index < -0.39 is 0 Å². The van der Waals surface area contributed by atoms with Gasteiger partial charge in [-0.3, -0.25) is 4.98 Å². The largest absolute Gasteiger partial charge is 0.337 e. The van der Waals surface area contributed by atoms with Crippen molar-refractivity contribution in [3.8, 4) is 0 Å². The Morgan fingerprint density at radius 2 is 1.75 bits per heavy atom. The Balaban J connectivity index is 1.67. The Hall–Kier alpha value is -2.88. The van der Waals surface area contributed by atoms with Crippen molar-refractivity contribution in [2.45, 2.75) is 19.3 Å². The maximum absolute atomic E-state index is 12.3. The van der Waals surface area contributed by atoms with Gasteiger partial charge in [0.1, 0.15) is 0 Å². The molecule has 0 atom stereocenters. The third-order valence-corrected chi connectivity index (χ3v) is 4.13. The molecule has 0 bridgehead atoms. The number of nitrogens with zero attached hydrogens (tertiary/aromatic N) is 1. The number of para-hydroxylation sites is 1. The first-order valence-electron chi connectivity index (χ1n) is 8.00. The third-order valence-electron chi connectivity index (χ3n) is 4.13. The van der Waals surface area contributed by atoms with E-state index in [0.717, 1.165) is 10.9 Å². The summed E-state index contributed by atoms with van der Waals surface area (Å²) in [6.45, 7) is 4.77. The van der Waals surface area contributed by atoms with Gasteiger partial charge in [-0.15, -0.1) is 0 Å². The molecule has 0 fully saturated rings. The molecule has 1 heterocycles. The predicted molar refractivity (Wildman–Crippen MR) is 98.2 cm³/mol. The van der Waals surface area contributed by atoms with Crippen LogP contribution in [0.2, 0.25) is 0 Å². The first-order chi connectivity index (χ1) is 11.6. The number of pyridine rings is 1. The number of anilines is 1. The van der Waals surface area contributed by atoms with E-state index in [1.54, 1.807) is 6.20 Å². The van der Waals surface area contributed by atoms with E-state index in [0.29, 0.717) is 12.2 Å². The molecule has 122 valence electrons. The van der Waals surface area contributed by atoms with Gasteiger partial charge in [0.25, 0.3) is 0 Å². The molecule has 0 radical (unpaired) electrons. The molecule has 1 aromatic heterocycles. The Morgan fingerprint density at radius 1 is 1.00 bits per heavy atom. The fraction of sp³-hybridized carbons (Fsp3) is 0.200. The van der Waals surface area contributed by atoms with Crippen LogP contribution in [-0.2, 0) is 5.41 Å². The van der Waals surface area contributed by atoms with Crippen LogP contribution in [0, 0.1) is 0 Å². The molecule has 0 aliphatic heterocycles. The van der Waals surface area contributed by atoms with Crippen molar-refractivity contribution in [2.24, 2.45) is 0 Å². The number of amides is 2. The molecule has 3 rings (SSSR count). The maximum Gasteiger partial charge on any atom is 0.319 e. The van der Waals surface area contributed by atoms with Gasteiger partial charge in [-0.05, 0) is 17.7 Å². The summed E-state index contributed by atoms with van der Waals surface area (Å²) in [7, 11) is 0. The minimum atomic E-state index is -0.225. The monoisotopic (exact) mass is 319 g/mol. The lowest BCUT2D eigenvalue weighted by atomic mass is 9.85. The minimum Gasteiger partial charge on any atom is -0.337 e. The zero-order valence-electron chi connectivity index (χ0n) is 13.9. The lowest BCUT2D eigenvalue weighted by Crippen LogP contribution is -2.39. The topological polar surface area (TPSA) is 54.0 Å². The molecule has 3 aromatic rings. The minimum absolute atomic E-state index is 0.143. The van der Waals surface area contributed by atoms with Gasteiger partial charge < -0.3 is 10.6 Å². The fourth-order valence-corrected chi connectivity index (χ4v) is 2.66. The van der Waals surface area contributed by atoms with E-state index in [1.807, 2.05) is 48.5 Å². The Labute approximate surface area is 141 Å². The van der Waals surface area contributed by atoms with E-state index in [2.05, 4.69) is 41.6 Å². The van der Waals surface area contributed by atoms with Crippen molar-refractivity contribution >= 4 is 22.6 Å². The maximum atomic E-state index is 12.3. The standard InChI is InChI=1S/C20H21N3O/c1-20(2,16-10-4-3-5-11-16)14-22-19(24)23-17-12-6-8-15-9-7-13-21-18(15)17/h3-13H,14H2,1-2H3,(H2,22,23,24). The van der Waals surface area contributed by atoms with Crippen LogP contribution in [0.1, 0.15) is 19.4 Å². The zero-order chi connectivity index (χ0) is 17.0. The zero-order valence-corrected chi connectivity index (χ0v) is 13.9. The van der Waals surface area contributed by atoms with Crippen LogP contribution in [0.3, 0.4) is 0 Å². The number of carbonyl (C=O) groups is 1. The van der Waals surface area contributed by atoms with Gasteiger partial charge in [-0.1, -0.05) is 62.4 Å². The number of nitrogens with one attached hydrogen (secondary N) is 2. The van der Waals surface area contributed by atoms with Crippen molar-refractivity contribution in [3.05, 3.63) is 72.4 Å². The van der Waals surface area contributed by atoms with Gasteiger partial charge in [0.05, 0.1) is 11.2 Å². The SMILES string of the molecule is CC(C)(CNC(=O)Nc1cccc2cccnc12)c1ccccc1. The van der Waals surface area contributed by atoms with E-state index in [1.165, 1.54) is 5.56 Å². The van der Waals surface area contributed by atoms with Crippen LogP contribution in [0.25, 0.3) is 10.9 Å². The summed E-state index contributed by atoms with van der Waals surface area (Å²) in [4.78, 5) is 16.6. The Kier molecular flexibility index (Phi) is 4.47. The second kappa shape index (κ2) is 6.71. The normalized spacial score (nSPS) is 11.2. The number of hydrogen-bond donors (Lipinski definition) is 2. The summed E-state index contributed by atoms with van der Waals surface area (Å²) in [5, 5.41) is 6.85. The van der Waals surface area contributed by atoms with E-state index >= 15 is 0 Å². The third kappa shape index (κ3) is 3.54. The Morgan fingerprint density at radius 3 is 2.54 bits per heavy atom. The molecule has 0 spiro atoms. The quantitative estimate of drug-likeness (QED) is 0.752. The highest BCUT2D eigenvalue weighted by Gasteiger charge is 2.21. The molecule has 4 heteroatoms. The lowest BCUT2D eigenvalue weighted by Gasteiger charge is -2.25. The van der Waals surface area contributed by atoms with Gasteiger partial charge in [-0.2, -0.15) is 0 Å². The highest BCUT2D eigenvalue weighted by molar-refractivity contribution is 5.99. The van der Waals surface area contributed by atoms with Crippen molar-refractivity contribution in [1.29, 1.82) is 0 Å². The summed E-state index contributed by atoms with van der Waals surface area (Å²) < 4.78 is 0. The molecule has 0 saturated carbocycles. The number of benzene rings is 2. The molecule has 0 aliphatic carbocycles. The van der Waals surface area contributed by atoms with E-state index in [4.69, 9.17) is 0 Å². The summed E-state index contributed by atoms with van der Waals surface area (Å²) in [6.07, 6.45) is 1.73. The lowest BCUT2D eigenvalue weighted by molar-refractivity contribution is 0.249. The summed E-state index contributed by atoms with van der Waals surface area (Å²) in [5.41, 5.74) is 2.55. The van der Waals surface area contributed by atoms with E-state index in [9.17, 15) is 4.79 Å². The average Bonchev–Trinajstić information content (AvgIpc) is 2.61. The second-order valence-corrected chi connectivity index (χ2v) is 6.44. The molecule has 24 heavy (non-hydrogen) atoms. The number of hydrogen-bond acceptors (Lipinski definition) is 2. The van der Waals surface area contributed by atoms with Gasteiger partial charge in [0.15, 0.2) is 0 Å². The van der Waals surface area contributed by atoms with E-state index in [-0.39, 0.29) is 11.4 Å². The van der Waals surface area contributed by atoms with Crippen molar-refractivity contribution in [3.63, 3.8) is 0 Å². The van der Waals surface area contributed by atoms with Gasteiger partial charge >= 0.3 is 6.03 Å². The van der Waals surface area contributed by atoms with Crippen LogP contribution >= 0.6 is 0 Å². The number of rotatable bonds is 4. The van der Waals surface area contributed by atoms with Crippen LogP contribution in [0.5, 0.6) is 0 Å². The molecule has 4 nitrogen and oxygen atoms in total. The second-order valence-electron chi connectivity index (χ2n) is 6.44. The number of aromatic nitrogens is 1. The summed E-state index contributed by atoms with van der Waals surface area (Å²) in [5.74, 6) is 0. The molecule has 2 aromatic carbocycles. The number of carbonyl (C=O) groups excluding carboxylic acids is 1. The van der Waals surface area contributed by atoms with Crippen molar-refractivity contribution < 1.29 is 4.79 Å². The molecular formula is C20H21N3O. The van der Waals surface area contributed by atoms with Crippen LogP contribution in [0.4, 0.5) is 10.5 Å². The molecule has 0 aliphatic rings. The summed E-state index contributed by atoms with van der Waals surface area (Å²) >= 11 is 0.